The smallest absolute Gasteiger partial charge is 0.279 e. The van der Waals surface area contributed by atoms with Gasteiger partial charge in [0.15, 0.2) is 5.78 Å². The van der Waals surface area contributed by atoms with E-state index in [2.05, 4.69) is 0 Å². The summed E-state index contributed by atoms with van der Waals surface area (Å²) in [4.78, 5) is 26.4. The summed E-state index contributed by atoms with van der Waals surface area (Å²) < 4.78 is 3.52. The lowest BCUT2D eigenvalue weighted by Crippen LogP contribution is -2.18. The summed E-state index contributed by atoms with van der Waals surface area (Å²) in [5.74, 6) is -0.0444. The topological polar surface area (TPSA) is 43.0 Å². The maximum atomic E-state index is 13.4. The van der Waals surface area contributed by atoms with Crippen molar-refractivity contribution >= 4 is 27.6 Å². The SMILES string of the molecule is Cc1c(C(=O)c2ccccc2)c2ccccc2n2c(=O)c3ccccc3n12. The van der Waals surface area contributed by atoms with Crippen molar-refractivity contribution < 1.29 is 4.79 Å². The average Bonchev–Trinajstić information content (AvgIpc) is 3.02. The van der Waals surface area contributed by atoms with Crippen LogP contribution in [0.3, 0.4) is 0 Å². The van der Waals surface area contributed by atoms with E-state index in [0.717, 1.165) is 22.1 Å². The number of carbonyl (C=O) groups excluding carboxylic acids is 1. The number of ketones is 1. The standard InChI is InChI=1S/C23H16N2O2/c1-15-21(22(26)16-9-3-2-4-10-16)17-11-5-7-13-19(17)25-23(27)18-12-6-8-14-20(18)24(15)25/h2-14H,1H3. The van der Waals surface area contributed by atoms with Crippen molar-refractivity contribution in [2.75, 3.05) is 0 Å². The molecule has 0 amide bonds. The maximum absolute atomic E-state index is 13.4. The van der Waals surface area contributed by atoms with Crippen molar-refractivity contribution in [1.82, 2.24) is 9.03 Å². The first-order valence-corrected chi connectivity index (χ1v) is 8.82. The molecule has 2 heterocycles. The minimum Gasteiger partial charge on any atom is -0.289 e. The van der Waals surface area contributed by atoms with Gasteiger partial charge in [-0.05, 0) is 25.1 Å². The molecule has 0 saturated heterocycles. The Hall–Kier alpha value is -3.66. The minimum atomic E-state index is -0.0800. The molecule has 0 aliphatic heterocycles. The van der Waals surface area contributed by atoms with E-state index >= 15 is 0 Å². The molecule has 27 heavy (non-hydrogen) atoms. The third-order valence-electron chi connectivity index (χ3n) is 5.10. The molecule has 4 nitrogen and oxygen atoms in total. The van der Waals surface area contributed by atoms with E-state index in [1.807, 2.05) is 90.3 Å². The zero-order chi connectivity index (χ0) is 18.5. The van der Waals surface area contributed by atoms with Gasteiger partial charge in [0.25, 0.3) is 5.56 Å². The summed E-state index contributed by atoms with van der Waals surface area (Å²) in [6.45, 7) is 1.90. The van der Waals surface area contributed by atoms with Crippen LogP contribution in [0.1, 0.15) is 21.6 Å². The van der Waals surface area contributed by atoms with Gasteiger partial charge in [-0.3, -0.25) is 9.59 Å². The zero-order valence-corrected chi connectivity index (χ0v) is 14.7. The predicted octanol–water partition coefficient (Wildman–Crippen LogP) is 4.24. The maximum Gasteiger partial charge on any atom is 0.279 e. The predicted molar refractivity (Wildman–Crippen MR) is 107 cm³/mol. The van der Waals surface area contributed by atoms with Crippen LogP contribution in [0, 0.1) is 6.92 Å². The molecule has 0 bridgehead atoms. The second kappa shape index (κ2) is 5.68. The summed E-state index contributed by atoms with van der Waals surface area (Å²) in [6, 6.07) is 24.3. The lowest BCUT2D eigenvalue weighted by Gasteiger charge is -2.14. The highest BCUT2D eigenvalue weighted by molar-refractivity contribution is 6.16. The lowest BCUT2D eigenvalue weighted by atomic mass is 9.98. The first-order valence-electron chi connectivity index (χ1n) is 8.82. The number of rotatable bonds is 2. The van der Waals surface area contributed by atoms with Crippen molar-refractivity contribution in [2.45, 2.75) is 6.92 Å². The van der Waals surface area contributed by atoms with Gasteiger partial charge in [-0.2, -0.15) is 0 Å². The van der Waals surface area contributed by atoms with Gasteiger partial charge in [-0.25, -0.2) is 9.03 Å². The monoisotopic (exact) mass is 352 g/mol. The molecule has 5 rings (SSSR count). The lowest BCUT2D eigenvalue weighted by molar-refractivity contribution is 0.103. The van der Waals surface area contributed by atoms with Crippen LogP contribution in [0.5, 0.6) is 0 Å². The van der Waals surface area contributed by atoms with Crippen LogP contribution < -0.4 is 5.56 Å². The van der Waals surface area contributed by atoms with Gasteiger partial charge in [0.1, 0.15) is 0 Å². The first-order chi connectivity index (χ1) is 13.2. The molecule has 5 aromatic rings. The summed E-state index contributed by atoms with van der Waals surface area (Å²) in [5, 5.41) is 1.42. The Kier molecular flexibility index (Phi) is 3.28. The summed E-state index contributed by atoms with van der Waals surface area (Å²) in [7, 11) is 0. The Morgan fingerprint density at radius 3 is 1.96 bits per heavy atom. The first kappa shape index (κ1) is 15.6. The van der Waals surface area contributed by atoms with E-state index in [1.54, 1.807) is 4.52 Å². The third-order valence-corrected chi connectivity index (χ3v) is 5.10. The van der Waals surface area contributed by atoms with Gasteiger partial charge in [0.2, 0.25) is 0 Å². The van der Waals surface area contributed by atoms with Gasteiger partial charge in [-0.15, -0.1) is 0 Å². The minimum absolute atomic E-state index is 0.0444. The molecular formula is C23H16N2O2. The number of aromatic nitrogens is 2. The number of hydrogen-bond donors (Lipinski definition) is 0. The Labute approximate surface area is 154 Å². The van der Waals surface area contributed by atoms with E-state index in [1.165, 1.54) is 0 Å². The van der Waals surface area contributed by atoms with Gasteiger partial charge in [-0.1, -0.05) is 60.7 Å². The molecule has 2 aromatic heterocycles. The van der Waals surface area contributed by atoms with Crippen molar-refractivity contribution in [2.24, 2.45) is 0 Å². The second-order valence-electron chi connectivity index (χ2n) is 6.62. The highest BCUT2D eigenvalue weighted by atomic mass is 16.1. The van der Waals surface area contributed by atoms with Crippen LogP contribution in [-0.4, -0.2) is 14.8 Å². The number of hydrogen-bond acceptors (Lipinski definition) is 2. The Morgan fingerprint density at radius 2 is 1.26 bits per heavy atom. The second-order valence-corrected chi connectivity index (χ2v) is 6.62. The highest BCUT2D eigenvalue weighted by Gasteiger charge is 2.21. The van der Waals surface area contributed by atoms with Crippen LogP contribution in [0.2, 0.25) is 0 Å². The van der Waals surface area contributed by atoms with E-state index in [0.29, 0.717) is 16.5 Å². The summed E-state index contributed by atoms with van der Waals surface area (Å²) in [6.07, 6.45) is 0. The molecule has 3 aromatic carbocycles. The van der Waals surface area contributed by atoms with E-state index < -0.39 is 0 Å². The fraction of sp³-hybridized carbons (Fsp3) is 0.0435. The number of fused-ring (bicyclic) bond motifs is 5. The van der Waals surface area contributed by atoms with Crippen LogP contribution >= 0.6 is 0 Å². The van der Waals surface area contributed by atoms with Crippen LogP contribution in [0.15, 0.2) is 83.7 Å². The van der Waals surface area contributed by atoms with E-state index in [-0.39, 0.29) is 11.3 Å². The molecule has 0 spiro atoms. The molecule has 0 N–H and O–H groups in total. The Bertz CT molecular complexity index is 1410. The van der Waals surface area contributed by atoms with Crippen molar-refractivity contribution in [3.05, 3.63) is 106 Å². The highest BCUT2D eigenvalue weighted by Crippen LogP contribution is 2.26. The fourth-order valence-corrected chi connectivity index (χ4v) is 3.89. The van der Waals surface area contributed by atoms with Crippen LogP contribution in [0.25, 0.3) is 21.8 Å². The normalized spacial score (nSPS) is 11.4. The Morgan fingerprint density at radius 1 is 0.704 bits per heavy atom. The molecule has 0 saturated carbocycles. The van der Waals surface area contributed by atoms with Crippen LogP contribution in [-0.2, 0) is 0 Å². The van der Waals surface area contributed by atoms with Gasteiger partial charge < -0.3 is 0 Å². The van der Waals surface area contributed by atoms with Crippen molar-refractivity contribution in [1.29, 1.82) is 0 Å². The number of nitrogens with zero attached hydrogens (tertiary/aromatic N) is 2. The number of para-hydroxylation sites is 2. The Balaban J connectivity index is 2.02. The van der Waals surface area contributed by atoms with Gasteiger partial charge in [0, 0.05) is 16.6 Å². The average molecular weight is 352 g/mol. The van der Waals surface area contributed by atoms with E-state index in [9.17, 15) is 9.59 Å². The molecule has 0 radical (unpaired) electrons. The number of aryl methyl sites for hydroxylation is 1. The summed E-state index contributed by atoms with van der Waals surface area (Å²) in [5.41, 5.74) is 3.45. The number of carbonyl (C=O) groups is 1. The molecule has 0 aliphatic carbocycles. The van der Waals surface area contributed by atoms with Crippen LogP contribution in [0.4, 0.5) is 0 Å². The largest absolute Gasteiger partial charge is 0.289 e. The third kappa shape index (κ3) is 2.10. The molecule has 0 aliphatic rings. The molecule has 130 valence electrons. The van der Waals surface area contributed by atoms with Gasteiger partial charge >= 0.3 is 0 Å². The van der Waals surface area contributed by atoms with E-state index in [4.69, 9.17) is 0 Å². The molecular weight excluding hydrogens is 336 g/mol. The van der Waals surface area contributed by atoms with Crippen molar-refractivity contribution in [3.8, 4) is 0 Å². The zero-order valence-electron chi connectivity index (χ0n) is 14.7. The van der Waals surface area contributed by atoms with Gasteiger partial charge in [0.05, 0.1) is 22.0 Å². The molecule has 0 atom stereocenters. The quantitative estimate of drug-likeness (QED) is 0.446. The molecule has 0 fully saturated rings. The molecule has 0 unspecified atom stereocenters. The van der Waals surface area contributed by atoms with Crippen molar-refractivity contribution in [3.63, 3.8) is 0 Å². The summed E-state index contributed by atoms with van der Waals surface area (Å²) >= 11 is 0. The molecule has 4 heteroatoms. The fourth-order valence-electron chi connectivity index (χ4n) is 3.89. The number of benzene rings is 3.